The number of carbonyl (C=O) groups excluding carboxylic acids is 2. The molecule has 1 aromatic carbocycles. The first-order chi connectivity index (χ1) is 10.3. The summed E-state index contributed by atoms with van der Waals surface area (Å²) < 4.78 is 5.52. The first-order valence-electron chi connectivity index (χ1n) is 7.83. The molecule has 0 fully saturated rings. The van der Waals surface area contributed by atoms with Crippen LogP contribution in [0.15, 0.2) is 30.3 Å². The molecule has 0 spiro atoms. The summed E-state index contributed by atoms with van der Waals surface area (Å²) in [4.78, 5) is 24.6. The average molecular weight is 305 g/mol. The van der Waals surface area contributed by atoms with E-state index in [0.29, 0.717) is 13.0 Å². The van der Waals surface area contributed by atoms with E-state index in [0.717, 1.165) is 24.7 Å². The van der Waals surface area contributed by atoms with Gasteiger partial charge in [-0.25, -0.2) is 4.79 Å². The van der Waals surface area contributed by atoms with Crippen LogP contribution in [-0.2, 0) is 9.53 Å². The third-order valence-electron chi connectivity index (χ3n) is 3.35. The molecule has 1 atom stereocenters. The number of ether oxygens (including phenoxy) is 1. The lowest BCUT2D eigenvalue weighted by Gasteiger charge is -2.32. The van der Waals surface area contributed by atoms with Crippen molar-refractivity contribution in [3.05, 3.63) is 35.9 Å². The summed E-state index contributed by atoms with van der Waals surface area (Å²) in [6.45, 7) is 8.17. The molecule has 4 heteroatoms. The quantitative estimate of drug-likeness (QED) is 0.555. The lowest BCUT2D eigenvalue weighted by atomic mass is 10.1. The fraction of sp³-hybridized carbons (Fsp3) is 0.556. The van der Waals surface area contributed by atoms with Crippen LogP contribution in [-0.4, -0.2) is 29.4 Å². The van der Waals surface area contributed by atoms with Gasteiger partial charge >= 0.3 is 6.09 Å². The van der Waals surface area contributed by atoms with E-state index in [-0.39, 0.29) is 12.1 Å². The van der Waals surface area contributed by atoms with Gasteiger partial charge in [0.25, 0.3) is 0 Å². The van der Waals surface area contributed by atoms with Crippen molar-refractivity contribution < 1.29 is 14.3 Å². The minimum absolute atomic E-state index is 0.0627. The highest BCUT2D eigenvalue weighted by Crippen LogP contribution is 2.23. The maximum Gasteiger partial charge on any atom is 0.410 e. The van der Waals surface area contributed by atoms with Crippen molar-refractivity contribution in [2.45, 2.75) is 58.6 Å². The number of hydrogen-bond acceptors (Lipinski definition) is 3. The van der Waals surface area contributed by atoms with E-state index in [1.807, 2.05) is 58.0 Å². The summed E-state index contributed by atoms with van der Waals surface area (Å²) in [6, 6.07) is 9.84. The summed E-state index contributed by atoms with van der Waals surface area (Å²) in [5, 5.41) is 0. The summed E-state index contributed by atoms with van der Waals surface area (Å²) in [5.41, 5.74) is 0.554. The van der Waals surface area contributed by atoms with E-state index >= 15 is 0 Å². The number of hydrogen-bond donors (Lipinski definition) is 0. The van der Waals surface area contributed by atoms with Gasteiger partial charge in [-0.2, -0.15) is 0 Å². The minimum Gasteiger partial charge on any atom is -0.444 e. The van der Waals surface area contributed by atoms with Gasteiger partial charge in [0.1, 0.15) is 11.9 Å². The van der Waals surface area contributed by atoms with Gasteiger partial charge in [-0.1, -0.05) is 30.3 Å². The molecule has 1 unspecified atom stereocenters. The van der Waals surface area contributed by atoms with Crippen LogP contribution in [0.2, 0.25) is 0 Å². The molecule has 0 aliphatic rings. The molecule has 1 rings (SSSR count). The van der Waals surface area contributed by atoms with E-state index < -0.39 is 5.60 Å². The van der Waals surface area contributed by atoms with Crippen LogP contribution in [0.4, 0.5) is 4.79 Å². The highest BCUT2D eigenvalue weighted by atomic mass is 16.6. The first-order valence-corrected chi connectivity index (χ1v) is 7.83. The molecule has 122 valence electrons. The number of rotatable bonds is 7. The summed E-state index contributed by atoms with van der Waals surface area (Å²) >= 11 is 0. The SMILES string of the molecule is CC(c1ccccc1)N(CCCCC=O)C(=O)OC(C)(C)C. The lowest BCUT2D eigenvalue weighted by molar-refractivity contribution is -0.107. The van der Waals surface area contributed by atoms with Crippen molar-refractivity contribution >= 4 is 12.4 Å². The molecule has 0 N–H and O–H groups in total. The van der Waals surface area contributed by atoms with Crippen molar-refractivity contribution in [2.24, 2.45) is 0 Å². The molecule has 0 saturated carbocycles. The zero-order valence-corrected chi connectivity index (χ0v) is 14.0. The van der Waals surface area contributed by atoms with Crippen LogP contribution >= 0.6 is 0 Å². The van der Waals surface area contributed by atoms with E-state index in [1.54, 1.807) is 4.90 Å². The van der Waals surface area contributed by atoms with Gasteiger partial charge in [-0.05, 0) is 46.1 Å². The van der Waals surface area contributed by atoms with Gasteiger partial charge in [0.05, 0.1) is 6.04 Å². The van der Waals surface area contributed by atoms with Crippen molar-refractivity contribution in [2.75, 3.05) is 6.54 Å². The Kier molecular flexibility index (Phi) is 7.09. The Morgan fingerprint density at radius 2 is 1.86 bits per heavy atom. The second-order valence-corrected chi connectivity index (χ2v) is 6.42. The number of benzene rings is 1. The molecular formula is C18H27NO3. The maximum absolute atomic E-state index is 12.5. The largest absolute Gasteiger partial charge is 0.444 e. The van der Waals surface area contributed by atoms with Crippen LogP contribution < -0.4 is 0 Å². The molecule has 0 radical (unpaired) electrons. The average Bonchev–Trinajstić information content (AvgIpc) is 2.45. The highest BCUT2D eigenvalue weighted by molar-refractivity contribution is 5.68. The van der Waals surface area contributed by atoms with Crippen molar-refractivity contribution in [3.8, 4) is 0 Å². The highest BCUT2D eigenvalue weighted by Gasteiger charge is 2.26. The summed E-state index contributed by atoms with van der Waals surface area (Å²) in [6.07, 6.45) is 2.70. The van der Waals surface area contributed by atoms with Crippen LogP contribution in [0.25, 0.3) is 0 Å². The zero-order valence-electron chi connectivity index (χ0n) is 14.0. The van der Waals surface area contributed by atoms with E-state index in [2.05, 4.69) is 0 Å². The first kappa shape index (κ1) is 18.2. The summed E-state index contributed by atoms with van der Waals surface area (Å²) in [7, 11) is 0. The van der Waals surface area contributed by atoms with E-state index in [4.69, 9.17) is 4.74 Å². The van der Waals surface area contributed by atoms with Gasteiger partial charge < -0.3 is 14.4 Å². The molecule has 1 aromatic rings. The topological polar surface area (TPSA) is 46.6 Å². The maximum atomic E-state index is 12.5. The third-order valence-corrected chi connectivity index (χ3v) is 3.35. The van der Waals surface area contributed by atoms with Gasteiger partial charge in [0.15, 0.2) is 0 Å². The Bertz CT molecular complexity index is 465. The Morgan fingerprint density at radius 1 is 1.23 bits per heavy atom. The third kappa shape index (κ3) is 6.29. The van der Waals surface area contributed by atoms with Gasteiger partial charge in [0, 0.05) is 13.0 Å². The van der Waals surface area contributed by atoms with Crippen LogP contribution in [0, 0.1) is 0 Å². The Balaban J connectivity index is 2.80. The zero-order chi connectivity index (χ0) is 16.6. The molecule has 0 saturated heterocycles. The van der Waals surface area contributed by atoms with E-state index in [9.17, 15) is 9.59 Å². The lowest BCUT2D eigenvalue weighted by Crippen LogP contribution is -2.39. The smallest absolute Gasteiger partial charge is 0.410 e. The Hall–Kier alpha value is -1.84. The summed E-state index contributed by atoms with van der Waals surface area (Å²) in [5.74, 6) is 0. The molecule has 1 amide bonds. The Labute approximate surface area is 133 Å². The standard InChI is InChI=1S/C18H27NO3/c1-15(16-11-7-5-8-12-16)19(13-9-6-10-14-20)17(21)22-18(2,3)4/h5,7-8,11-12,14-15H,6,9-10,13H2,1-4H3. The number of carbonyl (C=O) groups is 2. The van der Waals surface area contributed by atoms with Crippen molar-refractivity contribution in [1.29, 1.82) is 0 Å². The van der Waals surface area contributed by atoms with Crippen LogP contribution in [0.5, 0.6) is 0 Å². The monoisotopic (exact) mass is 305 g/mol. The molecule has 0 aromatic heterocycles. The normalized spacial score (nSPS) is 12.5. The fourth-order valence-corrected chi connectivity index (χ4v) is 2.18. The molecule has 0 bridgehead atoms. The minimum atomic E-state index is -0.519. The predicted octanol–water partition coefficient (Wildman–Crippen LogP) is 4.35. The van der Waals surface area contributed by atoms with Crippen molar-refractivity contribution in [3.63, 3.8) is 0 Å². The molecule has 4 nitrogen and oxygen atoms in total. The van der Waals surface area contributed by atoms with Gasteiger partial charge in [-0.3, -0.25) is 0 Å². The molecule has 0 heterocycles. The Morgan fingerprint density at radius 3 is 2.41 bits per heavy atom. The number of amides is 1. The molecule has 0 aliphatic heterocycles. The van der Waals surface area contributed by atoms with Gasteiger partial charge in [0.2, 0.25) is 0 Å². The second-order valence-electron chi connectivity index (χ2n) is 6.42. The fourth-order valence-electron chi connectivity index (χ4n) is 2.18. The molecular weight excluding hydrogens is 278 g/mol. The number of nitrogens with zero attached hydrogens (tertiary/aromatic N) is 1. The van der Waals surface area contributed by atoms with Crippen LogP contribution in [0.3, 0.4) is 0 Å². The predicted molar refractivity (Wildman–Crippen MR) is 87.7 cm³/mol. The molecule has 22 heavy (non-hydrogen) atoms. The van der Waals surface area contributed by atoms with Gasteiger partial charge in [-0.15, -0.1) is 0 Å². The number of unbranched alkanes of at least 4 members (excludes halogenated alkanes) is 2. The second kappa shape index (κ2) is 8.57. The van der Waals surface area contributed by atoms with Crippen LogP contribution in [0.1, 0.15) is 58.6 Å². The molecule has 0 aliphatic carbocycles. The van der Waals surface area contributed by atoms with Crippen molar-refractivity contribution in [1.82, 2.24) is 4.90 Å². The van der Waals surface area contributed by atoms with E-state index in [1.165, 1.54) is 0 Å². The number of aldehydes is 1.